The SMILES string of the molecule is CC1(F)C=C(C(=O)O)C=C(C(=O)O)C1. The van der Waals surface area contributed by atoms with E-state index in [0.29, 0.717) is 0 Å². The lowest BCUT2D eigenvalue weighted by Gasteiger charge is -2.21. The van der Waals surface area contributed by atoms with Crippen molar-refractivity contribution in [3.8, 4) is 0 Å². The summed E-state index contributed by atoms with van der Waals surface area (Å²) >= 11 is 0. The molecule has 1 rings (SSSR count). The molecule has 0 aromatic heterocycles. The number of aliphatic carboxylic acids is 2. The minimum atomic E-state index is -1.91. The molecule has 0 aliphatic heterocycles. The monoisotopic (exact) mass is 200 g/mol. The number of carbonyl (C=O) groups is 2. The smallest absolute Gasteiger partial charge is 0.335 e. The molecule has 2 N–H and O–H groups in total. The molecule has 1 unspecified atom stereocenters. The second kappa shape index (κ2) is 3.25. The van der Waals surface area contributed by atoms with Crippen molar-refractivity contribution in [2.24, 2.45) is 0 Å². The van der Waals surface area contributed by atoms with Crippen molar-refractivity contribution in [1.82, 2.24) is 0 Å². The van der Waals surface area contributed by atoms with Gasteiger partial charge in [-0.15, -0.1) is 0 Å². The van der Waals surface area contributed by atoms with Gasteiger partial charge in [-0.3, -0.25) is 0 Å². The first kappa shape index (κ1) is 10.4. The van der Waals surface area contributed by atoms with Crippen LogP contribution in [-0.2, 0) is 9.59 Å². The molecule has 1 aliphatic carbocycles. The number of carboxylic acids is 2. The van der Waals surface area contributed by atoms with Crippen molar-refractivity contribution in [2.75, 3.05) is 0 Å². The van der Waals surface area contributed by atoms with E-state index in [4.69, 9.17) is 10.2 Å². The Morgan fingerprint density at radius 3 is 2.43 bits per heavy atom. The minimum Gasteiger partial charge on any atom is -0.478 e. The Labute approximate surface area is 79.4 Å². The van der Waals surface area contributed by atoms with Gasteiger partial charge >= 0.3 is 11.9 Å². The van der Waals surface area contributed by atoms with Crippen LogP contribution >= 0.6 is 0 Å². The van der Waals surface area contributed by atoms with E-state index in [-0.39, 0.29) is 17.6 Å². The third-order valence-corrected chi connectivity index (χ3v) is 1.84. The summed E-state index contributed by atoms with van der Waals surface area (Å²) < 4.78 is 13.4. The maximum absolute atomic E-state index is 13.4. The summed E-state index contributed by atoms with van der Waals surface area (Å²) in [6, 6.07) is 0. The van der Waals surface area contributed by atoms with Crippen LogP contribution in [0.3, 0.4) is 0 Å². The molecule has 1 atom stereocenters. The lowest BCUT2D eigenvalue weighted by molar-refractivity contribution is -0.133. The number of allylic oxidation sites excluding steroid dienone is 1. The third-order valence-electron chi connectivity index (χ3n) is 1.84. The highest BCUT2D eigenvalue weighted by molar-refractivity contribution is 5.96. The van der Waals surface area contributed by atoms with Gasteiger partial charge in [0.2, 0.25) is 0 Å². The molecule has 5 heteroatoms. The summed E-state index contributed by atoms with van der Waals surface area (Å²) in [7, 11) is 0. The molecule has 76 valence electrons. The van der Waals surface area contributed by atoms with Gasteiger partial charge in [-0.1, -0.05) is 0 Å². The van der Waals surface area contributed by atoms with Crippen LogP contribution in [0.1, 0.15) is 13.3 Å². The fourth-order valence-electron chi connectivity index (χ4n) is 1.29. The third kappa shape index (κ3) is 2.18. The molecule has 4 nitrogen and oxygen atoms in total. The van der Waals surface area contributed by atoms with Crippen LogP contribution in [-0.4, -0.2) is 27.8 Å². The van der Waals surface area contributed by atoms with Crippen LogP contribution in [0.2, 0.25) is 0 Å². The van der Waals surface area contributed by atoms with E-state index in [2.05, 4.69) is 0 Å². The summed E-state index contributed by atoms with van der Waals surface area (Å²) in [5.41, 5.74) is -2.45. The minimum absolute atomic E-state index is 0.227. The van der Waals surface area contributed by atoms with Crippen LogP contribution in [0.4, 0.5) is 4.39 Å². The van der Waals surface area contributed by atoms with Gasteiger partial charge in [-0.25, -0.2) is 14.0 Å². The summed E-state index contributed by atoms with van der Waals surface area (Å²) in [5.74, 6) is -2.62. The molecular weight excluding hydrogens is 191 g/mol. The van der Waals surface area contributed by atoms with Crippen LogP contribution in [0.5, 0.6) is 0 Å². The zero-order chi connectivity index (χ0) is 10.9. The fourth-order valence-corrected chi connectivity index (χ4v) is 1.29. The van der Waals surface area contributed by atoms with Gasteiger partial charge in [-0.05, 0) is 19.1 Å². The lowest BCUT2D eigenvalue weighted by atomic mass is 9.89. The Balaban J connectivity index is 3.11. The van der Waals surface area contributed by atoms with Crippen LogP contribution in [0.25, 0.3) is 0 Å². The summed E-state index contributed by atoms with van der Waals surface area (Å²) in [4.78, 5) is 21.1. The maximum atomic E-state index is 13.4. The van der Waals surface area contributed by atoms with Crippen LogP contribution in [0, 0.1) is 0 Å². The van der Waals surface area contributed by atoms with Crippen LogP contribution in [0.15, 0.2) is 23.3 Å². The first-order chi connectivity index (χ1) is 6.32. The highest BCUT2D eigenvalue weighted by atomic mass is 19.1. The molecule has 0 heterocycles. The summed E-state index contributed by atoms with van der Waals surface area (Å²) in [5, 5.41) is 17.2. The number of halogens is 1. The number of alkyl halides is 1. The van der Waals surface area contributed by atoms with Gasteiger partial charge in [0.05, 0.1) is 5.57 Å². The van der Waals surface area contributed by atoms with E-state index < -0.39 is 17.6 Å². The number of hydrogen-bond donors (Lipinski definition) is 2. The lowest BCUT2D eigenvalue weighted by Crippen LogP contribution is -2.24. The predicted molar refractivity (Wildman–Crippen MR) is 45.6 cm³/mol. The van der Waals surface area contributed by atoms with Gasteiger partial charge in [0.25, 0.3) is 0 Å². The average molecular weight is 200 g/mol. The largest absolute Gasteiger partial charge is 0.478 e. The molecule has 0 aromatic carbocycles. The van der Waals surface area contributed by atoms with Crippen LogP contribution < -0.4 is 0 Å². The Hall–Kier alpha value is -1.65. The standard InChI is InChI=1S/C9H9FO4/c1-9(10)3-5(7(11)12)2-6(4-9)8(13)14/h2-3H,4H2,1H3,(H,11,12)(H,13,14). The molecular formula is C9H9FO4. The van der Waals surface area contributed by atoms with E-state index in [9.17, 15) is 14.0 Å². The average Bonchev–Trinajstić information content (AvgIpc) is 2.01. The molecule has 0 bridgehead atoms. The Kier molecular flexibility index (Phi) is 2.42. The molecule has 0 saturated heterocycles. The van der Waals surface area contributed by atoms with Gasteiger partial charge in [0.15, 0.2) is 0 Å². The maximum Gasteiger partial charge on any atom is 0.335 e. The molecule has 0 radical (unpaired) electrons. The zero-order valence-corrected chi connectivity index (χ0v) is 7.45. The van der Waals surface area contributed by atoms with Crippen molar-refractivity contribution < 1.29 is 24.2 Å². The van der Waals surface area contributed by atoms with E-state index >= 15 is 0 Å². The number of hydrogen-bond acceptors (Lipinski definition) is 2. The van der Waals surface area contributed by atoms with Crippen molar-refractivity contribution in [3.63, 3.8) is 0 Å². The van der Waals surface area contributed by atoms with Gasteiger partial charge in [-0.2, -0.15) is 0 Å². The molecule has 0 fully saturated rings. The number of carboxylic acid groups (broad SMARTS) is 2. The van der Waals surface area contributed by atoms with Gasteiger partial charge < -0.3 is 10.2 Å². The van der Waals surface area contributed by atoms with Crippen molar-refractivity contribution in [2.45, 2.75) is 19.0 Å². The molecule has 0 saturated carbocycles. The molecule has 14 heavy (non-hydrogen) atoms. The number of rotatable bonds is 2. The summed E-state index contributed by atoms with van der Waals surface area (Å²) in [6.45, 7) is 1.14. The Bertz CT molecular complexity index is 352. The zero-order valence-electron chi connectivity index (χ0n) is 7.45. The van der Waals surface area contributed by atoms with E-state index in [1.54, 1.807) is 0 Å². The second-order valence-corrected chi connectivity index (χ2v) is 3.33. The predicted octanol–water partition coefficient (Wildman–Crippen LogP) is 1.14. The molecule has 1 aliphatic rings. The molecule has 0 amide bonds. The first-order valence-corrected chi connectivity index (χ1v) is 3.91. The Morgan fingerprint density at radius 2 is 2.00 bits per heavy atom. The molecule has 0 aromatic rings. The second-order valence-electron chi connectivity index (χ2n) is 3.33. The normalized spacial score (nSPS) is 26.4. The summed E-state index contributed by atoms with van der Waals surface area (Å²) in [6.07, 6.45) is 1.59. The quantitative estimate of drug-likeness (QED) is 0.700. The highest BCUT2D eigenvalue weighted by Crippen LogP contribution is 2.29. The molecule has 0 spiro atoms. The highest BCUT2D eigenvalue weighted by Gasteiger charge is 2.31. The Morgan fingerprint density at radius 1 is 1.43 bits per heavy atom. The fraction of sp³-hybridized carbons (Fsp3) is 0.333. The van der Waals surface area contributed by atoms with E-state index in [1.807, 2.05) is 0 Å². The van der Waals surface area contributed by atoms with Crippen molar-refractivity contribution >= 4 is 11.9 Å². The van der Waals surface area contributed by atoms with Gasteiger partial charge in [0, 0.05) is 12.0 Å². The topological polar surface area (TPSA) is 74.6 Å². The van der Waals surface area contributed by atoms with Crippen molar-refractivity contribution in [3.05, 3.63) is 23.3 Å². The van der Waals surface area contributed by atoms with E-state index in [0.717, 1.165) is 19.1 Å². The van der Waals surface area contributed by atoms with Gasteiger partial charge in [0.1, 0.15) is 5.67 Å². The first-order valence-electron chi connectivity index (χ1n) is 3.91. The van der Waals surface area contributed by atoms with Crippen molar-refractivity contribution in [1.29, 1.82) is 0 Å². The van der Waals surface area contributed by atoms with E-state index in [1.165, 1.54) is 0 Å².